The van der Waals surface area contributed by atoms with Crippen molar-refractivity contribution in [1.29, 1.82) is 5.26 Å². The predicted octanol–water partition coefficient (Wildman–Crippen LogP) is 6.46. The first-order valence-corrected chi connectivity index (χ1v) is 10.5. The van der Waals surface area contributed by atoms with E-state index in [0.717, 1.165) is 44.6 Å². The minimum atomic E-state index is 0.466. The Morgan fingerprint density at radius 3 is 2.30 bits per heavy atom. The molecule has 0 N–H and O–H groups in total. The van der Waals surface area contributed by atoms with Gasteiger partial charge in [-0.25, -0.2) is 0 Å². The van der Waals surface area contributed by atoms with Gasteiger partial charge in [-0.3, -0.25) is 0 Å². The van der Waals surface area contributed by atoms with Gasteiger partial charge in [-0.2, -0.15) is 5.26 Å². The van der Waals surface area contributed by atoms with E-state index < -0.39 is 0 Å². The second-order valence-electron chi connectivity index (χ2n) is 7.49. The van der Waals surface area contributed by atoms with E-state index in [1.165, 1.54) is 5.56 Å². The molecule has 4 heteroatoms. The number of aromatic nitrogens is 1. The van der Waals surface area contributed by atoms with Crippen LogP contribution >= 0.6 is 11.6 Å². The molecule has 0 saturated carbocycles. The number of nitrogens with zero attached hydrogens (tertiary/aromatic N) is 2. The maximum atomic E-state index is 10.0. The fourth-order valence-corrected chi connectivity index (χ4v) is 3.86. The van der Waals surface area contributed by atoms with Gasteiger partial charge in [0.25, 0.3) is 0 Å². The van der Waals surface area contributed by atoms with Crippen molar-refractivity contribution in [2.45, 2.75) is 20.4 Å². The first-order chi connectivity index (χ1) is 14.6. The van der Waals surface area contributed by atoms with Crippen molar-refractivity contribution in [3.05, 3.63) is 89.0 Å². The minimum absolute atomic E-state index is 0.466. The molecule has 0 unspecified atom stereocenters. The Kier molecular flexibility index (Phi) is 5.79. The molecule has 3 nitrogen and oxygen atoms in total. The Bertz CT molecular complexity index is 1220. The zero-order valence-corrected chi connectivity index (χ0v) is 17.9. The van der Waals surface area contributed by atoms with E-state index in [4.69, 9.17) is 16.3 Å². The summed E-state index contributed by atoms with van der Waals surface area (Å²) in [4.78, 5) is 0. The van der Waals surface area contributed by atoms with Crippen LogP contribution in [-0.4, -0.2) is 17.1 Å². The van der Waals surface area contributed by atoms with E-state index in [1.54, 1.807) is 0 Å². The van der Waals surface area contributed by atoms with Gasteiger partial charge in [-0.1, -0.05) is 53.6 Å². The second-order valence-corrected chi connectivity index (χ2v) is 7.87. The number of fused-ring (bicyclic) bond motifs is 1. The van der Waals surface area contributed by atoms with Crippen LogP contribution in [0.1, 0.15) is 22.3 Å². The summed E-state index contributed by atoms with van der Waals surface area (Å²) in [5.41, 5.74) is 7.28. The molecule has 0 amide bonds. The molecular weight excluding hydrogens is 392 g/mol. The maximum Gasteiger partial charge on any atom is 0.119 e. The number of nitriles is 1. The van der Waals surface area contributed by atoms with Crippen LogP contribution in [0.3, 0.4) is 0 Å². The smallest absolute Gasteiger partial charge is 0.119 e. The van der Waals surface area contributed by atoms with Gasteiger partial charge in [-0.15, -0.1) is 11.6 Å². The highest BCUT2D eigenvalue weighted by Crippen LogP contribution is 2.35. The van der Waals surface area contributed by atoms with Crippen LogP contribution in [0.4, 0.5) is 0 Å². The molecule has 150 valence electrons. The number of hydrogen-bond donors (Lipinski definition) is 0. The molecule has 0 atom stereocenters. The monoisotopic (exact) mass is 414 g/mol. The van der Waals surface area contributed by atoms with Crippen LogP contribution in [0.2, 0.25) is 0 Å². The SMILES string of the molecule is Cc1ccc(-c2c(C#N)c3cc(C)ccc3n2Cc2ccc(OCCCl)cc2)cc1. The average Bonchev–Trinajstić information content (AvgIpc) is 3.06. The van der Waals surface area contributed by atoms with Crippen molar-refractivity contribution in [3.8, 4) is 23.1 Å². The van der Waals surface area contributed by atoms with Gasteiger partial charge < -0.3 is 9.30 Å². The third-order valence-electron chi connectivity index (χ3n) is 5.27. The summed E-state index contributed by atoms with van der Waals surface area (Å²) >= 11 is 5.70. The van der Waals surface area contributed by atoms with Crippen molar-refractivity contribution >= 4 is 22.5 Å². The number of ether oxygens (including phenoxy) is 1. The van der Waals surface area contributed by atoms with Crippen LogP contribution in [0, 0.1) is 25.2 Å². The van der Waals surface area contributed by atoms with Crippen LogP contribution in [0.5, 0.6) is 5.75 Å². The molecule has 0 bridgehead atoms. The lowest BCUT2D eigenvalue weighted by Gasteiger charge is -2.13. The quantitative estimate of drug-likeness (QED) is 0.339. The zero-order chi connectivity index (χ0) is 21.1. The highest BCUT2D eigenvalue weighted by atomic mass is 35.5. The van der Waals surface area contributed by atoms with Gasteiger partial charge >= 0.3 is 0 Å². The van der Waals surface area contributed by atoms with Crippen molar-refractivity contribution in [2.75, 3.05) is 12.5 Å². The van der Waals surface area contributed by atoms with Crippen molar-refractivity contribution in [1.82, 2.24) is 4.57 Å². The Balaban J connectivity index is 1.84. The standard InChI is InChI=1S/C26H23ClN2O/c1-18-3-8-21(9-4-18)26-24(16-28)23-15-19(2)5-12-25(23)29(26)17-20-6-10-22(11-7-20)30-14-13-27/h3-12,15H,13-14,17H2,1-2H3. The summed E-state index contributed by atoms with van der Waals surface area (Å²) in [6.07, 6.45) is 0. The molecule has 0 aliphatic carbocycles. The normalized spacial score (nSPS) is 10.9. The fraction of sp³-hybridized carbons (Fsp3) is 0.192. The van der Waals surface area contributed by atoms with E-state index in [9.17, 15) is 5.26 Å². The minimum Gasteiger partial charge on any atom is -0.492 e. The van der Waals surface area contributed by atoms with Gasteiger partial charge in [0.1, 0.15) is 18.4 Å². The van der Waals surface area contributed by atoms with Crippen molar-refractivity contribution in [2.24, 2.45) is 0 Å². The van der Waals surface area contributed by atoms with Gasteiger partial charge in [-0.05, 0) is 49.2 Å². The van der Waals surface area contributed by atoms with E-state index in [0.29, 0.717) is 19.0 Å². The Hall–Kier alpha value is -3.22. The Morgan fingerprint density at radius 2 is 1.63 bits per heavy atom. The van der Waals surface area contributed by atoms with Crippen LogP contribution in [0.25, 0.3) is 22.2 Å². The van der Waals surface area contributed by atoms with Gasteiger partial charge in [0.15, 0.2) is 0 Å². The van der Waals surface area contributed by atoms with E-state index in [2.05, 4.69) is 79.1 Å². The summed E-state index contributed by atoms with van der Waals surface area (Å²) in [5.74, 6) is 1.27. The predicted molar refractivity (Wildman–Crippen MR) is 123 cm³/mol. The molecular formula is C26H23ClN2O. The van der Waals surface area contributed by atoms with Crippen molar-refractivity contribution < 1.29 is 4.74 Å². The third-order valence-corrected chi connectivity index (χ3v) is 5.42. The highest BCUT2D eigenvalue weighted by Gasteiger charge is 2.19. The van der Waals surface area contributed by atoms with Crippen LogP contribution in [-0.2, 0) is 6.54 Å². The average molecular weight is 415 g/mol. The van der Waals surface area contributed by atoms with E-state index >= 15 is 0 Å². The van der Waals surface area contributed by atoms with Crippen LogP contribution in [0.15, 0.2) is 66.7 Å². The first-order valence-electron chi connectivity index (χ1n) is 9.98. The van der Waals surface area contributed by atoms with Gasteiger partial charge in [0.2, 0.25) is 0 Å². The maximum absolute atomic E-state index is 10.0. The fourth-order valence-electron chi connectivity index (χ4n) is 3.79. The summed E-state index contributed by atoms with van der Waals surface area (Å²) in [6.45, 7) is 5.29. The molecule has 4 aromatic rings. The van der Waals surface area contributed by atoms with E-state index in [-0.39, 0.29) is 0 Å². The third kappa shape index (κ3) is 3.92. The van der Waals surface area contributed by atoms with Gasteiger partial charge in [0, 0.05) is 11.9 Å². The number of rotatable bonds is 6. The highest BCUT2D eigenvalue weighted by molar-refractivity contribution is 6.18. The summed E-state index contributed by atoms with van der Waals surface area (Å²) in [6, 6.07) is 25.2. The number of halogens is 1. The second kappa shape index (κ2) is 8.65. The largest absolute Gasteiger partial charge is 0.492 e. The lowest BCUT2D eigenvalue weighted by molar-refractivity contribution is 0.342. The van der Waals surface area contributed by atoms with E-state index in [1.807, 2.05) is 12.1 Å². The molecule has 30 heavy (non-hydrogen) atoms. The first kappa shape index (κ1) is 20.1. The summed E-state index contributed by atoms with van der Waals surface area (Å²) in [7, 11) is 0. The Morgan fingerprint density at radius 1 is 0.933 bits per heavy atom. The molecule has 0 saturated heterocycles. The lowest BCUT2D eigenvalue weighted by atomic mass is 10.0. The Labute approximate surface area is 182 Å². The molecule has 1 heterocycles. The number of aryl methyl sites for hydroxylation is 2. The molecule has 1 aromatic heterocycles. The number of alkyl halides is 1. The lowest BCUT2D eigenvalue weighted by Crippen LogP contribution is -2.03. The van der Waals surface area contributed by atoms with Crippen LogP contribution < -0.4 is 4.74 Å². The molecule has 0 aliphatic rings. The summed E-state index contributed by atoms with van der Waals surface area (Å²) < 4.78 is 7.83. The topological polar surface area (TPSA) is 38.0 Å². The molecule has 0 radical (unpaired) electrons. The number of benzene rings is 3. The summed E-state index contributed by atoms with van der Waals surface area (Å²) in [5, 5.41) is 11.0. The van der Waals surface area contributed by atoms with Crippen molar-refractivity contribution in [3.63, 3.8) is 0 Å². The van der Waals surface area contributed by atoms with Gasteiger partial charge in [0.05, 0.1) is 22.7 Å². The zero-order valence-electron chi connectivity index (χ0n) is 17.2. The molecule has 0 spiro atoms. The number of hydrogen-bond acceptors (Lipinski definition) is 2. The molecule has 0 fully saturated rings. The molecule has 4 rings (SSSR count). The molecule has 0 aliphatic heterocycles. The molecule has 3 aromatic carbocycles.